The van der Waals surface area contributed by atoms with E-state index in [-0.39, 0.29) is 17.3 Å². The number of carbonyl (C=O) groups is 2. The molecule has 0 aliphatic heterocycles. The minimum Gasteiger partial charge on any atom is -0.352 e. The average molecular weight is 322 g/mol. The number of nitriles is 1. The molecule has 0 atom stereocenters. The molecule has 0 saturated heterocycles. The van der Waals surface area contributed by atoms with Crippen LogP contribution in [-0.2, 0) is 4.79 Å². The number of Topliss-reactive ketones (excluding diaryl/α,β-unsaturated/α-hetero) is 1. The standard InChI is InChI=1S/C13H12BrN3O2/c1-3-16-13(19)9-4-11(17-12(14)6-9)5-10(7-15)8(2)18/h4-6H,3H2,1-2H3,(H,16,19)/b10-5+. The molecule has 1 N–H and O–H groups in total. The maximum absolute atomic E-state index is 11.7. The van der Waals surface area contributed by atoms with E-state index in [2.05, 4.69) is 26.2 Å². The van der Waals surface area contributed by atoms with Crippen LogP contribution >= 0.6 is 15.9 Å². The molecule has 0 bridgehead atoms. The van der Waals surface area contributed by atoms with Gasteiger partial charge >= 0.3 is 0 Å². The van der Waals surface area contributed by atoms with E-state index in [1.807, 2.05) is 6.92 Å². The summed E-state index contributed by atoms with van der Waals surface area (Å²) in [5.41, 5.74) is 0.783. The van der Waals surface area contributed by atoms with Crippen molar-refractivity contribution >= 4 is 33.7 Å². The van der Waals surface area contributed by atoms with Crippen LogP contribution in [0, 0.1) is 11.3 Å². The van der Waals surface area contributed by atoms with Gasteiger partial charge in [0.1, 0.15) is 10.7 Å². The number of nitrogens with one attached hydrogen (secondary N) is 1. The zero-order valence-electron chi connectivity index (χ0n) is 10.5. The molecular formula is C13H12BrN3O2. The fourth-order valence-electron chi connectivity index (χ4n) is 1.35. The smallest absolute Gasteiger partial charge is 0.251 e. The van der Waals surface area contributed by atoms with Gasteiger partial charge in [0.25, 0.3) is 5.91 Å². The molecule has 6 heteroatoms. The predicted octanol–water partition coefficient (Wildman–Crippen LogP) is 2.09. The van der Waals surface area contributed by atoms with Crippen molar-refractivity contribution in [1.82, 2.24) is 10.3 Å². The summed E-state index contributed by atoms with van der Waals surface area (Å²) in [6.45, 7) is 3.64. The summed E-state index contributed by atoms with van der Waals surface area (Å²) in [7, 11) is 0. The number of halogens is 1. The van der Waals surface area contributed by atoms with Crippen LogP contribution in [0.3, 0.4) is 0 Å². The first-order chi connectivity index (χ1) is 8.97. The lowest BCUT2D eigenvalue weighted by molar-refractivity contribution is -0.113. The maximum Gasteiger partial charge on any atom is 0.251 e. The Kier molecular flexibility index (Phi) is 5.39. The zero-order valence-corrected chi connectivity index (χ0v) is 12.1. The maximum atomic E-state index is 11.7. The van der Waals surface area contributed by atoms with Crippen molar-refractivity contribution in [3.8, 4) is 6.07 Å². The Morgan fingerprint density at radius 2 is 2.21 bits per heavy atom. The molecule has 19 heavy (non-hydrogen) atoms. The van der Waals surface area contributed by atoms with Gasteiger partial charge in [0.15, 0.2) is 5.78 Å². The fraction of sp³-hybridized carbons (Fsp3) is 0.231. The van der Waals surface area contributed by atoms with Crippen molar-refractivity contribution in [1.29, 1.82) is 5.26 Å². The first-order valence-electron chi connectivity index (χ1n) is 5.56. The van der Waals surface area contributed by atoms with Crippen molar-refractivity contribution in [2.45, 2.75) is 13.8 Å². The molecule has 1 amide bonds. The van der Waals surface area contributed by atoms with E-state index in [4.69, 9.17) is 5.26 Å². The van der Waals surface area contributed by atoms with Crippen LogP contribution in [0.2, 0.25) is 0 Å². The molecule has 0 fully saturated rings. The molecule has 0 aliphatic carbocycles. The molecule has 0 aromatic carbocycles. The van der Waals surface area contributed by atoms with Gasteiger partial charge in [-0.05, 0) is 48.0 Å². The van der Waals surface area contributed by atoms with Crippen LogP contribution in [0.15, 0.2) is 22.3 Å². The molecule has 0 spiro atoms. The summed E-state index contributed by atoms with van der Waals surface area (Å²) in [5, 5.41) is 11.5. The minimum absolute atomic E-state index is 0.00699. The van der Waals surface area contributed by atoms with Crippen molar-refractivity contribution in [2.75, 3.05) is 6.54 Å². The van der Waals surface area contributed by atoms with Gasteiger partial charge in [0, 0.05) is 12.1 Å². The quantitative estimate of drug-likeness (QED) is 0.523. The van der Waals surface area contributed by atoms with E-state index < -0.39 is 0 Å². The fourth-order valence-corrected chi connectivity index (χ4v) is 1.80. The van der Waals surface area contributed by atoms with Gasteiger partial charge in [-0.2, -0.15) is 5.26 Å². The van der Waals surface area contributed by atoms with Crippen molar-refractivity contribution in [3.63, 3.8) is 0 Å². The van der Waals surface area contributed by atoms with Crippen LogP contribution in [0.5, 0.6) is 0 Å². The monoisotopic (exact) mass is 321 g/mol. The number of carbonyl (C=O) groups excluding carboxylic acids is 2. The van der Waals surface area contributed by atoms with E-state index in [1.165, 1.54) is 19.1 Å². The largest absolute Gasteiger partial charge is 0.352 e. The van der Waals surface area contributed by atoms with Crippen LogP contribution < -0.4 is 5.32 Å². The number of nitrogens with zero attached hydrogens (tertiary/aromatic N) is 2. The van der Waals surface area contributed by atoms with E-state index >= 15 is 0 Å². The minimum atomic E-state index is -0.344. The van der Waals surface area contributed by atoms with Crippen LogP contribution in [0.25, 0.3) is 6.08 Å². The number of rotatable bonds is 4. The Bertz CT molecular complexity index is 588. The van der Waals surface area contributed by atoms with E-state index in [1.54, 1.807) is 12.1 Å². The Morgan fingerprint density at radius 3 is 2.74 bits per heavy atom. The zero-order chi connectivity index (χ0) is 14.4. The summed E-state index contributed by atoms with van der Waals surface area (Å²) in [5.74, 6) is -0.578. The third-order valence-electron chi connectivity index (χ3n) is 2.21. The van der Waals surface area contributed by atoms with Crippen LogP contribution in [-0.4, -0.2) is 23.2 Å². The topological polar surface area (TPSA) is 82.8 Å². The van der Waals surface area contributed by atoms with Gasteiger partial charge in [-0.1, -0.05) is 0 Å². The molecular weight excluding hydrogens is 310 g/mol. The molecule has 0 saturated carbocycles. The first-order valence-corrected chi connectivity index (χ1v) is 6.35. The number of ketones is 1. The summed E-state index contributed by atoms with van der Waals surface area (Å²) >= 11 is 3.19. The lowest BCUT2D eigenvalue weighted by Crippen LogP contribution is -2.22. The molecule has 1 aromatic rings. The van der Waals surface area contributed by atoms with Gasteiger partial charge in [0.2, 0.25) is 0 Å². The second-order valence-corrected chi connectivity index (χ2v) is 4.50. The van der Waals surface area contributed by atoms with Gasteiger partial charge in [-0.3, -0.25) is 9.59 Å². The number of allylic oxidation sites excluding steroid dienone is 1. The molecule has 0 unspecified atom stereocenters. The molecule has 98 valence electrons. The second-order valence-electron chi connectivity index (χ2n) is 3.69. The number of hydrogen-bond donors (Lipinski definition) is 1. The highest BCUT2D eigenvalue weighted by Gasteiger charge is 2.09. The average Bonchev–Trinajstić information content (AvgIpc) is 2.35. The van der Waals surface area contributed by atoms with Gasteiger partial charge in [0.05, 0.1) is 11.3 Å². The summed E-state index contributed by atoms with van der Waals surface area (Å²) in [6.07, 6.45) is 1.36. The highest BCUT2D eigenvalue weighted by Crippen LogP contribution is 2.14. The summed E-state index contributed by atoms with van der Waals surface area (Å²) < 4.78 is 0.461. The lowest BCUT2D eigenvalue weighted by atomic mass is 10.1. The second kappa shape index (κ2) is 6.81. The molecule has 5 nitrogen and oxygen atoms in total. The normalized spacial score (nSPS) is 10.7. The molecule has 0 aliphatic rings. The third kappa shape index (κ3) is 4.30. The van der Waals surface area contributed by atoms with Gasteiger partial charge < -0.3 is 5.32 Å². The number of aromatic nitrogens is 1. The van der Waals surface area contributed by atoms with Crippen molar-refractivity contribution in [2.24, 2.45) is 0 Å². The summed E-state index contributed by atoms with van der Waals surface area (Å²) in [6, 6.07) is 4.89. The Morgan fingerprint density at radius 1 is 1.53 bits per heavy atom. The lowest BCUT2D eigenvalue weighted by Gasteiger charge is -2.04. The summed E-state index contributed by atoms with van der Waals surface area (Å²) in [4.78, 5) is 27.0. The van der Waals surface area contributed by atoms with Crippen LogP contribution in [0.1, 0.15) is 29.9 Å². The third-order valence-corrected chi connectivity index (χ3v) is 2.61. The number of amides is 1. The van der Waals surface area contributed by atoms with Gasteiger partial charge in [-0.25, -0.2) is 4.98 Å². The predicted molar refractivity (Wildman–Crippen MR) is 74.2 cm³/mol. The van der Waals surface area contributed by atoms with Crippen molar-refractivity contribution < 1.29 is 9.59 Å². The van der Waals surface area contributed by atoms with E-state index in [0.29, 0.717) is 22.4 Å². The first kappa shape index (κ1) is 15.1. The Hall–Kier alpha value is -2.00. The van der Waals surface area contributed by atoms with E-state index in [0.717, 1.165) is 0 Å². The molecule has 1 rings (SSSR count). The van der Waals surface area contributed by atoms with Gasteiger partial charge in [-0.15, -0.1) is 0 Å². The highest BCUT2D eigenvalue weighted by molar-refractivity contribution is 9.10. The SMILES string of the molecule is CCNC(=O)c1cc(Br)nc(/C=C(\C#N)C(C)=O)c1. The molecule has 1 aromatic heterocycles. The van der Waals surface area contributed by atoms with E-state index in [9.17, 15) is 9.59 Å². The van der Waals surface area contributed by atoms with Crippen LogP contribution in [0.4, 0.5) is 0 Å². The molecule has 0 radical (unpaired) electrons. The Balaban J connectivity index is 3.21. The number of hydrogen-bond acceptors (Lipinski definition) is 4. The molecule has 1 heterocycles. The Labute approximate surface area is 119 Å². The highest BCUT2D eigenvalue weighted by atomic mass is 79.9. The number of pyridine rings is 1. The van der Waals surface area contributed by atoms with Crippen molar-refractivity contribution in [3.05, 3.63) is 33.6 Å².